The lowest BCUT2D eigenvalue weighted by atomic mass is 9.89. The van der Waals surface area contributed by atoms with Crippen molar-refractivity contribution in [1.82, 2.24) is 0 Å². The van der Waals surface area contributed by atoms with Crippen molar-refractivity contribution in [3.05, 3.63) is 104 Å². The van der Waals surface area contributed by atoms with Crippen LogP contribution in [0.3, 0.4) is 0 Å². The molecule has 1 atom stereocenters. The first-order valence-electron chi connectivity index (χ1n) is 16.2. The summed E-state index contributed by atoms with van der Waals surface area (Å²) >= 11 is 15.4. The molecule has 0 N–H and O–H groups in total. The van der Waals surface area contributed by atoms with E-state index in [0.717, 1.165) is 64.5 Å². The molecule has 14 heteroatoms. The van der Waals surface area contributed by atoms with Crippen LogP contribution < -0.4 is 9.80 Å². The fourth-order valence-electron chi connectivity index (χ4n) is 4.97. The molecule has 10 nitrogen and oxygen atoms in total. The highest BCUT2D eigenvalue weighted by atomic mass is 35.5. The van der Waals surface area contributed by atoms with E-state index in [1.54, 1.807) is 0 Å². The number of ether oxygens (including phenoxy) is 1. The second-order valence-electron chi connectivity index (χ2n) is 11.8. The maximum atomic E-state index is 11.9. The third-order valence-electron chi connectivity index (χ3n) is 7.81. The van der Waals surface area contributed by atoms with Crippen LogP contribution in [0.4, 0.5) is 11.4 Å². The van der Waals surface area contributed by atoms with E-state index in [-0.39, 0.29) is 32.3 Å². The lowest BCUT2D eigenvalue weighted by Crippen LogP contribution is -2.32. The maximum absolute atomic E-state index is 11.9. The number of carbonyl (C=O) groups excluding carboxylic acids is 1. The minimum Gasteiger partial charge on any atom is -0.462 e. The molecule has 2 aliphatic heterocycles. The molecule has 0 aliphatic carbocycles. The molecule has 266 valence electrons. The molecule has 0 saturated heterocycles. The van der Waals surface area contributed by atoms with Gasteiger partial charge in [0.05, 0.1) is 49.4 Å². The van der Waals surface area contributed by atoms with E-state index in [0.29, 0.717) is 33.7 Å². The molecule has 0 bridgehead atoms. The van der Waals surface area contributed by atoms with Crippen LogP contribution in [0, 0.1) is 18.6 Å². The number of halogens is 2. The monoisotopic (exact) mass is 758 g/mol. The molecular weight excluding hydrogens is 719 g/mol. The number of unbranched alkanes of at least 4 members (excludes halogenated alkanes) is 2. The van der Waals surface area contributed by atoms with Crippen LogP contribution in [0.1, 0.15) is 52.9 Å². The van der Waals surface area contributed by atoms with Crippen molar-refractivity contribution in [3.63, 3.8) is 0 Å². The van der Waals surface area contributed by atoms with Gasteiger partial charge in [-0.05, 0) is 55.7 Å². The standard InChI is InChI=1S/C36H40Cl2N4O6S2/c1-7-10-17-41-28-14-12-25(37)20-30(28)49-34(41)27(39-5)22-46-47-24-36(4,23-44-32(43)9-3)16-19-45-48-33(40-6)35-42(18-11-8-2)29-15-13-26(38)21-31(29)50-35/h9,12-15,20-21H,3,7-8,10-11,16-19,22-24H2,1-2,4H3. The highest BCUT2D eigenvalue weighted by molar-refractivity contribution is 8.04. The average Bonchev–Trinajstić information content (AvgIpc) is 3.65. The first-order valence-corrected chi connectivity index (χ1v) is 18.6. The quantitative estimate of drug-likeness (QED) is 0.0263. The number of nitrogens with zero attached hydrogens (tertiary/aromatic N) is 4. The van der Waals surface area contributed by atoms with Crippen LogP contribution in [0.2, 0.25) is 10.0 Å². The van der Waals surface area contributed by atoms with E-state index in [1.165, 1.54) is 23.5 Å². The zero-order valence-electron chi connectivity index (χ0n) is 28.3. The average molecular weight is 760 g/mol. The summed E-state index contributed by atoms with van der Waals surface area (Å²) in [6.07, 6.45) is 5.27. The SMILES string of the molecule is [C-]#[N+]C(COOCC(C)(CCOOC([N+]#[C-])=C1Sc2cc(Cl)ccc2N1CCCC)COC(=O)C=C)=C1Sc2cc(Cl)ccc2N1CCCC. The summed E-state index contributed by atoms with van der Waals surface area (Å²) in [6.45, 7) is 26.7. The number of benzene rings is 2. The molecule has 2 aromatic carbocycles. The van der Waals surface area contributed by atoms with Gasteiger partial charge in [0.25, 0.3) is 0 Å². The lowest BCUT2D eigenvalue weighted by molar-refractivity contribution is -0.310. The van der Waals surface area contributed by atoms with Crippen LogP contribution in [-0.2, 0) is 29.1 Å². The van der Waals surface area contributed by atoms with Crippen LogP contribution in [0.25, 0.3) is 9.69 Å². The molecule has 0 spiro atoms. The van der Waals surface area contributed by atoms with Gasteiger partial charge in [-0.25, -0.2) is 24.3 Å². The summed E-state index contributed by atoms with van der Waals surface area (Å²) in [4.78, 5) is 47.7. The van der Waals surface area contributed by atoms with Gasteiger partial charge in [-0.1, -0.05) is 86.9 Å². The Morgan fingerprint density at radius 3 is 2.06 bits per heavy atom. The summed E-state index contributed by atoms with van der Waals surface area (Å²) in [6, 6.07) is 11.4. The molecule has 0 saturated carbocycles. The van der Waals surface area contributed by atoms with Gasteiger partial charge in [0.1, 0.15) is 11.6 Å². The summed E-state index contributed by atoms with van der Waals surface area (Å²) in [5.74, 6) is -0.566. The molecule has 0 amide bonds. The highest BCUT2D eigenvalue weighted by Gasteiger charge is 2.32. The summed E-state index contributed by atoms with van der Waals surface area (Å²) < 4.78 is 5.37. The maximum Gasteiger partial charge on any atom is 0.401 e. The Bertz CT molecular complexity index is 1580. The Kier molecular flexibility index (Phi) is 15.3. The molecule has 0 aromatic heterocycles. The number of fused-ring (bicyclic) bond motifs is 2. The Morgan fingerprint density at radius 2 is 1.50 bits per heavy atom. The van der Waals surface area contributed by atoms with Crippen molar-refractivity contribution in [2.75, 3.05) is 49.3 Å². The molecule has 0 fully saturated rings. The van der Waals surface area contributed by atoms with Crippen LogP contribution in [0.15, 0.2) is 80.5 Å². The first kappa shape index (κ1) is 39.5. The fraction of sp³-hybridized carbons (Fsp3) is 0.417. The number of esters is 1. The van der Waals surface area contributed by atoms with Crippen molar-refractivity contribution < 1.29 is 29.1 Å². The molecule has 2 aliphatic rings. The summed E-state index contributed by atoms with van der Waals surface area (Å²) in [7, 11) is 0. The number of rotatable bonds is 19. The first-order chi connectivity index (χ1) is 24.2. The minimum atomic E-state index is -0.774. The fourth-order valence-corrected chi connectivity index (χ4v) is 7.79. The number of anilines is 2. The molecule has 0 radical (unpaired) electrons. The van der Waals surface area contributed by atoms with Gasteiger partial charge in [0.15, 0.2) is 0 Å². The second kappa shape index (κ2) is 19.3. The normalized spacial score (nSPS) is 16.5. The van der Waals surface area contributed by atoms with E-state index < -0.39 is 11.4 Å². The largest absolute Gasteiger partial charge is 0.462 e. The van der Waals surface area contributed by atoms with Crippen molar-refractivity contribution in [2.24, 2.45) is 5.41 Å². The topological polar surface area (TPSA) is 78.4 Å². The predicted molar refractivity (Wildman–Crippen MR) is 199 cm³/mol. The zero-order valence-corrected chi connectivity index (χ0v) is 31.5. The van der Waals surface area contributed by atoms with Gasteiger partial charge in [-0.3, -0.25) is 0 Å². The van der Waals surface area contributed by atoms with E-state index in [9.17, 15) is 4.79 Å². The van der Waals surface area contributed by atoms with E-state index >= 15 is 0 Å². The van der Waals surface area contributed by atoms with E-state index in [2.05, 4.69) is 35.0 Å². The lowest BCUT2D eigenvalue weighted by Gasteiger charge is -2.28. The zero-order chi connectivity index (χ0) is 36.1. The van der Waals surface area contributed by atoms with Crippen molar-refractivity contribution >= 4 is 64.1 Å². The van der Waals surface area contributed by atoms with Crippen molar-refractivity contribution in [3.8, 4) is 0 Å². The molecular formula is C36H40Cl2N4O6S2. The molecule has 1 unspecified atom stereocenters. The molecule has 2 aromatic rings. The van der Waals surface area contributed by atoms with E-state index in [1.807, 2.05) is 48.2 Å². The third-order valence-corrected chi connectivity index (χ3v) is 10.6. The number of hydrogen-bond donors (Lipinski definition) is 0. The van der Waals surface area contributed by atoms with Crippen molar-refractivity contribution in [2.45, 2.75) is 62.7 Å². The van der Waals surface area contributed by atoms with Gasteiger partial charge >= 0.3 is 11.9 Å². The number of thioether (sulfide) groups is 2. The Balaban J connectivity index is 1.39. The van der Waals surface area contributed by atoms with Gasteiger partial charge in [0.2, 0.25) is 5.70 Å². The summed E-state index contributed by atoms with van der Waals surface area (Å²) in [5.41, 5.74) is 1.60. The van der Waals surface area contributed by atoms with Gasteiger partial charge in [0, 0.05) is 44.4 Å². The molecule has 50 heavy (non-hydrogen) atoms. The van der Waals surface area contributed by atoms with Crippen LogP contribution in [-0.4, -0.2) is 45.5 Å². The Hall–Kier alpha value is -3.33. The van der Waals surface area contributed by atoms with Gasteiger partial charge in [-0.2, -0.15) is 4.85 Å². The van der Waals surface area contributed by atoms with Crippen LogP contribution in [0.5, 0.6) is 0 Å². The smallest absolute Gasteiger partial charge is 0.401 e. The molecule has 4 rings (SSSR count). The predicted octanol–water partition coefficient (Wildman–Crippen LogP) is 10.3. The number of hydrogen-bond acceptors (Lipinski definition) is 10. The highest BCUT2D eigenvalue weighted by Crippen LogP contribution is 2.49. The molecule has 2 heterocycles. The third kappa shape index (κ3) is 10.4. The van der Waals surface area contributed by atoms with Gasteiger partial charge < -0.3 is 19.4 Å². The summed E-state index contributed by atoms with van der Waals surface area (Å²) in [5, 5.41) is 2.66. The second-order valence-corrected chi connectivity index (χ2v) is 14.8. The van der Waals surface area contributed by atoms with Gasteiger partial charge in [-0.15, -0.1) is 0 Å². The minimum absolute atomic E-state index is 0.0113. The number of carbonyl (C=O) groups is 1. The Labute approximate surface area is 312 Å². The Morgan fingerprint density at radius 1 is 0.900 bits per heavy atom. The van der Waals surface area contributed by atoms with Crippen LogP contribution >= 0.6 is 46.7 Å². The van der Waals surface area contributed by atoms with E-state index in [4.69, 9.17) is 60.6 Å². The van der Waals surface area contributed by atoms with Crippen molar-refractivity contribution in [1.29, 1.82) is 0 Å².